The van der Waals surface area contributed by atoms with Crippen LogP contribution in [0.2, 0.25) is 0 Å². The summed E-state index contributed by atoms with van der Waals surface area (Å²) in [6.45, 7) is 3.84. The number of carbonyl (C=O) groups is 2. The lowest BCUT2D eigenvalue weighted by molar-refractivity contribution is -0.139. The topological polar surface area (TPSA) is 66.4 Å². The normalized spacial score (nSPS) is 20.5. The number of hydrogen-bond donors (Lipinski definition) is 2. The van der Waals surface area contributed by atoms with Crippen LogP contribution >= 0.6 is 15.9 Å². The molecule has 1 aromatic carbocycles. The second-order valence-corrected chi connectivity index (χ2v) is 6.96. The van der Waals surface area contributed by atoms with Gasteiger partial charge in [0, 0.05) is 15.9 Å². The zero-order valence-corrected chi connectivity index (χ0v) is 14.5. The Morgan fingerprint density at radius 2 is 1.86 bits per heavy atom. The molecule has 22 heavy (non-hydrogen) atoms. The average molecular weight is 368 g/mol. The molecule has 2 atom stereocenters. The third-order valence-electron chi connectivity index (χ3n) is 4.66. The van der Waals surface area contributed by atoms with Gasteiger partial charge in [-0.25, -0.2) is 0 Å². The first-order valence-corrected chi connectivity index (χ1v) is 8.49. The minimum atomic E-state index is -0.871. The molecule has 0 aliphatic heterocycles. The predicted molar refractivity (Wildman–Crippen MR) is 88.7 cm³/mol. The van der Waals surface area contributed by atoms with Gasteiger partial charge in [-0.05, 0) is 42.9 Å². The molecule has 2 unspecified atom stereocenters. The van der Waals surface area contributed by atoms with E-state index in [4.69, 9.17) is 5.11 Å². The minimum Gasteiger partial charge on any atom is -0.481 e. The molecule has 2 N–H and O–H groups in total. The number of halogens is 1. The highest BCUT2D eigenvalue weighted by Crippen LogP contribution is 2.48. The number of carboxylic acids is 1. The van der Waals surface area contributed by atoms with Gasteiger partial charge in [-0.3, -0.25) is 9.59 Å². The Kier molecular flexibility index (Phi) is 5.27. The Morgan fingerprint density at radius 3 is 2.36 bits per heavy atom. The molecule has 0 saturated heterocycles. The molecule has 0 spiro atoms. The standard InChI is InChI=1S/C17H22BrNO3/c1-3-17(4-2,10-15(20)21)19-16(22)14-9-13(14)11-5-7-12(18)8-6-11/h5-8,13-14H,3-4,9-10H2,1-2H3,(H,19,22)(H,20,21). The maximum atomic E-state index is 12.5. The maximum Gasteiger partial charge on any atom is 0.305 e. The van der Waals surface area contributed by atoms with Crippen LogP contribution in [-0.2, 0) is 9.59 Å². The van der Waals surface area contributed by atoms with Crippen molar-refractivity contribution in [2.45, 2.75) is 51.0 Å². The molecule has 1 fully saturated rings. The predicted octanol–water partition coefficient (Wildman–Crippen LogP) is 3.70. The molecule has 0 aromatic heterocycles. The van der Waals surface area contributed by atoms with Crippen LogP contribution in [0.25, 0.3) is 0 Å². The highest BCUT2D eigenvalue weighted by Gasteiger charge is 2.46. The van der Waals surface area contributed by atoms with Crippen LogP contribution in [0.5, 0.6) is 0 Å². The quantitative estimate of drug-likeness (QED) is 0.771. The molecule has 2 rings (SSSR count). The van der Waals surface area contributed by atoms with Gasteiger partial charge in [0.15, 0.2) is 0 Å². The summed E-state index contributed by atoms with van der Waals surface area (Å²) < 4.78 is 1.02. The fourth-order valence-electron chi connectivity index (χ4n) is 2.93. The number of aliphatic carboxylic acids is 1. The Hall–Kier alpha value is -1.36. The monoisotopic (exact) mass is 367 g/mol. The van der Waals surface area contributed by atoms with Gasteiger partial charge in [-0.2, -0.15) is 0 Å². The van der Waals surface area contributed by atoms with E-state index in [1.165, 1.54) is 5.56 Å². The van der Waals surface area contributed by atoms with Crippen molar-refractivity contribution in [3.63, 3.8) is 0 Å². The second-order valence-electron chi connectivity index (χ2n) is 6.05. The van der Waals surface area contributed by atoms with E-state index in [1.54, 1.807) is 0 Å². The summed E-state index contributed by atoms with van der Waals surface area (Å²) in [5.74, 6) is -0.668. The van der Waals surface area contributed by atoms with Crippen LogP contribution in [-0.4, -0.2) is 22.5 Å². The molecule has 1 amide bonds. The number of nitrogens with one attached hydrogen (secondary N) is 1. The molecule has 1 aliphatic rings. The molecule has 0 radical (unpaired) electrons. The molecular formula is C17H22BrNO3. The van der Waals surface area contributed by atoms with Gasteiger partial charge < -0.3 is 10.4 Å². The van der Waals surface area contributed by atoms with Crippen LogP contribution in [0.4, 0.5) is 0 Å². The Morgan fingerprint density at radius 1 is 1.27 bits per heavy atom. The van der Waals surface area contributed by atoms with Crippen LogP contribution < -0.4 is 5.32 Å². The summed E-state index contributed by atoms with van der Waals surface area (Å²) in [4.78, 5) is 23.5. The lowest BCUT2D eigenvalue weighted by Crippen LogP contribution is -2.49. The van der Waals surface area contributed by atoms with E-state index in [0.29, 0.717) is 12.8 Å². The molecule has 0 bridgehead atoms. The molecule has 1 aromatic rings. The van der Waals surface area contributed by atoms with E-state index >= 15 is 0 Å². The number of amides is 1. The fraction of sp³-hybridized carbons (Fsp3) is 0.529. The van der Waals surface area contributed by atoms with E-state index in [-0.39, 0.29) is 24.2 Å². The van der Waals surface area contributed by atoms with Gasteiger partial charge in [0.25, 0.3) is 0 Å². The lowest BCUT2D eigenvalue weighted by Gasteiger charge is -2.31. The number of hydrogen-bond acceptors (Lipinski definition) is 2. The van der Waals surface area contributed by atoms with Gasteiger partial charge in [-0.1, -0.05) is 41.9 Å². The van der Waals surface area contributed by atoms with Gasteiger partial charge in [0.05, 0.1) is 6.42 Å². The van der Waals surface area contributed by atoms with Crippen LogP contribution in [0.15, 0.2) is 28.7 Å². The highest BCUT2D eigenvalue weighted by molar-refractivity contribution is 9.10. The minimum absolute atomic E-state index is 0.0159. The van der Waals surface area contributed by atoms with E-state index in [0.717, 1.165) is 10.9 Å². The van der Waals surface area contributed by atoms with Crippen molar-refractivity contribution in [2.24, 2.45) is 5.92 Å². The average Bonchev–Trinajstić information content (AvgIpc) is 3.27. The van der Waals surface area contributed by atoms with Crippen molar-refractivity contribution in [1.29, 1.82) is 0 Å². The molecule has 120 valence electrons. The van der Waals surface area contributed by atoms with Gasteiger partial charge in [0.1, 0.15) is 0 Å². The van der Waals surface area contributed by atoms with E-state index < -0.39 is 11.5 Å². The summed E-state index contributed by atoms with van der Waals surface area (Å²) >= 11 is 3.41. The van der Waals surface area contributed by atoms with Crippen molar-refractivity contribution in [1.82, 2.24) is 5.32 Å². The highest BCUT2D eigenvalue weighted by atomic mass is 79.9. The summed E-state index contributed by atoms with van der Waals surface area (Å²) in [7, 11) is 0. The molecule has 4 nitrogen and oxygen atoms in total. The van der Waals surface area contributed by atoms with Crippen LogP contribution in [0, 0.1) is 5.92 Å². The first kappa shape index (κ1) is 17.0. The van der Waals surface area contributed by atoms with Gasteiger partial charge in [-0.15, -0.1) is 0 Å². The van der Waals surface area contributed by atoms with E-state index in [1.807, 2.05) is 38.1 Å². The van der Waals surface area contributed by atoms with Gasteiger partial charge in [0.2, 0.25) is 5.91 Å². The molecule has 0 heterocycles. The van der Waals surface area contributed by atoms with Gasteiger partial charge >= 0.3 is 5.97 Å². The van der Waals surface area contributed by atoms with Crippen LogP contribution in [0.1, 0.15) is 51.0 Å². The Labute approximate surface area is 139 Å². The number of carboxylic acid groups (broad SMARTS) is 1. The third-order valence-corrected chi connectivity index (χ3v) is 5.19. The zero-order chi connectivity index (χ0) is 16.3. The smallest absolute Gasteiger partial charge is 0.305 e. The van der Waals surface area contributed by atoms with Crippen molar-refractivity contribution < 1.29 is 14.7 Å². The zero-order valence-electron chi connectivity index (χ0n) is 12.9. The lowest BCUT2D eigenvalue weighted by atomic mass is 9.88. The Bertz CT molecular complexity index is 552. The van der Waals surface area contributed by atoms with Crippen LogP contribution in [0.3, 0.4) is 0 Å². The SMILES string of the molecule is CCC(CC)(CC(=O)O)NC(=O)C1CC1c1ccc(Br)cc1. The number of carbonyl (C=O) groups excluding carboxylic acids is 1. The Balaban J connectivity index is 2.00. The molecular weight excluding hydrogens is 346 g/mol. The summed E-state index contributed by atoms with van der Waals surface area (Å²) in [6, 6.07) is 8.03. The van der Waals surface area contributed by atoms with E-state index in [2.05, 4.69) is 21.2 Å². The largest absolute Gasteiger partial charge is 0.481 e. The van der Waals surface area contributed by atoms with Crippen molar-refractivity contribution in [3.8, 4) is 0 Å². The summed E-state index contributed by atoms with van der Waals surface area (Å²) in [6.07, 6.45) is 2.06. The number of benzene rings is 1. The number of rotatable bonds is 7. The third kappa shape index (κ3) is 3.88. The van der Waals surface area contributed by atoms with Crippen molar-refractivity contribution in [3.05, 3.63) is 34.3 Å². The second kappa shape index (κ2) is 6.82. The van der Waals surface area contributed by atoms with Crippen molar-refractivity contribution >= 4 is 27.8 Å². The molecule has 1 aliphatic carbocycles. The maximum absolute atomic E-state index is 12.5. The molecule has 1 saturated carbocycles. The first-order valence-electron chi connectivity index (χ1n) is 7.70. The first-order chi connectivity index (χ1) is 10.4. The molecule has 5 heteroatoms. The summed E-state index contributed by atoms with van der Waals surface area (Å²) in [5.41, 5.74) is 0.538. The summed E-state index contributed by atoms with van der Waals surface area (Å²) in [5, 5.41) is 12.1. The van der Waals surface area contributed by atoms with Crippen molar-refractivity contribution in [2.75, 3.05) is 0 Å². The fourth-order valence-corrected chi connectivity index (χ4v) is 3.19. The van der Waals surface area contributed by atoms with E-state index in [9.17, 15) is 9.59 Å².